The van der Waals surface area contributed by atoms with E-state index in [1.54, 1.807) is 0 Å². The van der Waals surface area contributed by atoms with Crippen molar-refractivity contribution in [1.82, 2.24) is 0 Å². The highest BCUT2D eigenvalue weighted by Crippen LogP contribution is 2.20. The third-order valence-corrected chi connectivity index (χ3v) is 3.42. The molecule has 0 spiro atoms. The molecule has 0 bridgehead atoms. The predicted molar refractivity (Wildman–Crippen MR) is 84.2 cm³/mol. The molecule has 0 aromatic heterocycles. The predicted octanol–water partition coefficient (Wildman–Crippen LogP) is 3.42. The molecule has 1 atom stereocenters. The standard InChI is InChI=1S/C17H14F2N2O3/c18-17(19)23-13-8-6-12(7-9-13)20-16(22)15-10-14(21-24-15)11-4-2-1-3-5-11/h1-9,15,17H,10H2,(H,20,22)/t15-/m0/s1. The fourth-order valence-electron chi connectivity index (χ4n) is 2.26. The van der Waals surface area contributed by atoms with Gasteiger partial charge in [0, 0.05) is 12.1 Å². The van der Waals surface area contributed by atoms with E-state index >= 15 is 0 Å². The summed E-state index contributed by atoms with van der Waals surface area (Å²) in [6.07, 6.45) is -0.361. The van der Waals surface area contributed by atoms with Crippen LogP contribution in [0.5, 0.6) is 5.75 Å². The first-order valence-corrected chi connectivity index (χ1v) is 7.25. The van der Waals surface area contributed by atoms with E-state index in [-0.39, 0.29) is 11.7 Å². The van der Waals surface area contributed by atoms with Crippen LogP contribution in [0.3, 0.4) is 0 Å². The second-order valence-corrected chi connectivity index (χ2v) is 5.09. The van der Waals surface area contributed by atoms with E-state index in [2.05, 4.69) is 15.2 Å². The van der Waals surface area contributed by atoms with Gasteiger partial charge in [0.25, 0.3) is 5.91 Å². The van der Waals surface area contributed by atoms with Crippen LogP contribution in [0.15, 0.2) is 59.8 Å². The van der Waals surface area contributed by atoms with Gasteiger partial charge in [-0.1, -0.05) is 35.5 Å². The Labute approximate surface area is 136 Å². The Balaban J connectivity index is 1.57. The molecule has 0 fully saturated rings. The van der Waals surface area contributed by atoms with Crippen LogP contribution in [-0.4, -0.2) is 24.3 Å². The van der Waals surface area contributed by atoms with E-state index in [1.807, 2.05) is 30.3 Å². The molecule has 124 valence electrons. The smallest absolute Gasteiger partial charge is 0.387 e. The summed E-state index contributed by atoms with van der Waals surface area (Å²) in [6.45, 7) is -2.88. The molecule has 5 nitrogen and oxygen atoms in total. The van der Waals surface area contributed by atoms with E-state index in [0.717, 1.165) is 5.56 Å². The second kappa shape index (κ2) is 7.08. The van der Waals surface area contributed by atoms with Crippen molar-refractivity contribution in [2.45, 2.75) is 19.1 Å². The minimum Gasteiger partial charge on any atom is -0.435 e. The number of ether oxygens (including phenoxy) is 1. The summed E-state index contributed by atoms with van der Waals surface area (Å²) < 4.78 is 28.4. The lowest BCUT2D eigenvalue weighted by atomic mass is 10.0. The average molecular weight is 332 g/mol. The molecule has 24 heavy (non-hydrogen) atoms. The molecule has 0 aliphatic carbocycles. The summed E-state index contributed by atoms with van der Waals surface area (Å²) in [4.78, 5) is 17.4. The second-order valence-electron chi connectivity index (χ2n) is 5.09. The first-order chi connectivity index (χ1) is 11.6. The summed E-state index contributed by atoms with van der Waals surface area (Å²) in [7, 11) is 0. The number of nitrogens with one attached hydrogen (secondary N) is 1. The summed E-state index contributed by atoms with van der Waals surface area (Å²) in [6, 6.07) is 15.1. The van der Waals surface area contributed by atoms with Crippen molar-refractivity contribution >= 4 is 17.3 Å². The summed E-state index contributed by atoms with van der Waals surface area (Å²) in [5.74, 6) is -0.331. The largest absolute Gasteiger partial charge is 0.435 e. The Morgan fingerprint density at radius 3 is 2.54 bits per heavy atom. The minimum absolute atomic E-state index is 0.0230. The Kier molecular flexibility index (Phi) is 4.69. The molecule has 1 N–H and O–H groups in total. The summed E-state index contributed by atoms with van der Waals surface area (Å²) >= 11 is 0. The molecule has 3 rings (SSSR count). The van der Waals surface area contributed by atoms with Crippen molar-refractivity contribution in [1.29, 1.82) is 0 Å². The Morgan fingerprint density at radius 1 is 1.17 bits per heavy atom. The number of nitrogens with zero attached hydrogens (tertiary/aromatic N) is 1. The fourth-order valence-corrected chi connectivity index (χ4v) is 2.26. The molecule has 2 aromatic carbocycles. The number of alkyl halides is 2. The van der Waals surface area contributed by atoms with Crippen molar-refractivity contribution in [3.8, 4) is 5.75 Å². The van der Waals surface area contributed by atoms with E-state index < -0.39 is 12.7 Å². The van der Waals surface area contributed by atoms with Crippen LogP contribution in [0.2, 0.25) is 0 Å². The topological polar surface area (TPSA) is 59.9 Å². The number of benzene rings is 2. The van der Waals surface area contributed by atoms with Gasteiger partial charge in [0.15, 0.2) is 0 Å². The van der Waals surface area contributed by atoms with E-state index in [9.17, 15) is 13.6 Å². The number of halogens is 2. The quantitative estimate of drug-likeness (QED) is 0.913. The van der Waals surface area contributed by atoms with Gasteiger partial charge in [-0.3, -0.25) is 4.79 Å². The van der Waals surface area contributed by atoms with Gasteiger partial charge in [-0.05, 0) is 29.8 Å². The van der Waals surface area contributed by atoms with Crippen LogP contribution in [0.25, 0.3) is 0 Å². The van der Waals surface area contributed by atoms with Crippen LogP contribution in [0, 0.1) is 0 Å². The van der Waals surface area contributed by atoms with Crippen molar-refractivity contribution in [3.05, 3.63) is 60.2 Å². The van der Waals surface area contributed by atoms with Crippen molar-refractivity contribution in [2.24, 2.45) is 5.16 Å². The zero-order valence-corrected chi connectivity index (χ0v) is 12.5. The highest BCUT2D eigenvalue weighted by molar-refractivity contribution is 6.06. The van der Waals surface area contributed by atoms with Gasteiger partial charge in [0.1, 0.15) is 5.75 Å². The number of oxime groups is 1. The molecule has 7 heteroatoms. The van der Waals surface area contributed by atoms with Crippen LogP contribution < -0.4 is 10.1 Å². The van der Waals surface area contributed by atoms with Crippen molar-refractivity contribution in [3.63, 3.8) is 0 Å². The number of rotatable bonds is 5. The molecule has 0 unspecified atom stereocenters. The lowest BCUT2D eigenvalue weighted by Crippen LogP contribution is -2.28. The maximum Gasteiger partial charge on any atom is 0.387 e. The Hall–Kier alpha value is -2.96. The lowest BCUT2D eigenvalue weighted by molar-refractivity contribution is -0.125. The third kappa shape index (κ3) is 3.87. The normalized spacial score (nSPS) is 16.5. The number of carbonyl (C=O) groups is 1. The van der Waals surface area contributed by atoms with Gasteiger partial charge >= 0.3 is 6.61 Å². The first kappa shape index (κ1) is 15.9. The Morgan fingerprint density at radius 2 is 1.88 bits per heavy atom. The minimum atomic E-state index is -2.88. The number of carbonyl (C=O) groups excluding carboxylic acids is 1. The number of hydrogen-bond acceptors (Lipinski definition) is 4. The molecule has 1 amide bonds. The van der Waals surface area contributed by atoms with Crippen molar-refractivity contribution < 1.29 is 23.1 Å². The van der Waals surface area contributed by atoms with Crippen LogP contribution in [0.4, 0.5) is 14.5 Å². The van der Waals surface area contributed by atoms with Gasteiger partial charge in [-0.25, -0.2) is 0 Å². The van der Waals surface area contributed by atoms with Crippen LogP contribution in [0.1, 0.15) is 12.0 Å². The highest BCUT2D eigenvalue weighted by Gasteiger charge is 2.28. The van der Waals surface area contributed by atoms with Gasteiger partial charge < -0.3 is 14.9 Å². The molecule has 2 aromatic rings. The maximum absolute atomic E-state index is 12.2. The van der Waals surface area contributed by atoms with Crippen LogP contribution >= 0.6 is 0 Å². The monoisotopic (exact) mass is 332 g/mol. The van der Waals surface area contributed by atoms with Crippen molar-refractivity contribution in [2.75, 3.05) is 5.32 Å². The molecular formula is C17H14F2N2O3. The average Bonchev–Trinajstić information content (AvgIpc) is 3.07. The molecule has 0 radical (unpaired) electrons. The summed E-state index contributed by atoms with van der Waals surface area (Å²) in [5.41, 5.74) is 2.07. The molecule has 0 saturated heterocycles. The number of anilines is 1. The zero-order chi connectivity index (χ0) is 16.9. The lowest BCUT2D eigenvalue weighted by Gasteiger charge is -2.10. The third-order valence-electron chi connectivity index (χ3n) is 3.42. The summed E-state index contributed by atoms with van der Waals surface area (Å²) in [5, 5.41) is 6.61. The van der Waals surface area contributed by atoms with Gasteiger partial charge in [0.2, 0.25) is 6.10 Å². The molecule has 1 aliphatic rings. The first-order valence-electron chi connectivity index (χ1n) is 7.25. The molecular weight excluding hydrogens is 318 g/mol. The number of hydrogen-bond donors (Lipinski definition) is 1. The number of amides is 1. The maximum atomic E-state index is 12.2. The van der Waals surface area contributed by atoms with E-state index in [4.69, 9.17) is 4.84 Å². The SMILES string of the molecule is O=C(Nc1ccc(OC(F)F)cc1)[C@@H]1CC(c2ccccc2)=NO1. The van der Waals surface area contributed by atoms with Gasteiger partial charge in [0.05, 0.1) is 5.71 Å². The van der Waals surface area contributed by atoms with Gasteiger partial charge in [-0.2, -0.15) is 8.78 Å². The molecule has 0 saturated carbocycles. The fraction of sp³-hybridized carbons (Fsp3) is 0.176. The Bertz CT molecular complexity index is 733. The highest BCUT2D eigenvalue weighted by atomic mass is 19.3. The zero-order valence-electron chi connectivity index (χ0n) is 12.5. The van der Waals surface area contributed by atoms with E-state index in [1.165, 1.54) is 24.3 Å². The molecule has 1 aliphatic heterocycles. The van der Waals surface area contributed by atoms with Crippen LogP contribution in [-0.2, 0) is 9.63 Å². The van der Waals surface area contributed by atoms with Gasteiger partial charge in [-0.15, -0.1) is 0 Å². The molecule has 1 heterocycles. The van der Waals surface area contributed by atoms with E-state index in [0.29, 0.717) is 17.8 Å².